The van der Waals surface area contributed by atoms with Crippen molar-refractivity contribution in [3.8, 4) is 0 Å². The molecule has 0 saturated heterocycles. The fraction of sp³-hybridized carbons (Fsp3) is 0.400. The summed E-state index contributed by atoms with van der Waals surface area (Å²) >= 11 is 3.23. The predicted molar refractivity (Wildman–Crippen MR) is 89.8 cm³/mol. The molecule has 110 valence electrons. The van der Waals surface area contributed by atoms with Gasteiger partial charge in [-0.15, -0.1) is 23.5 Å². The lowest BCUT2D eigenvalue weighted by molar-refractivity contribution is -0.141. The van der Waals surface area contributed by atoms with Gasteiger partial charge in [0.25, 0.3) is 0 Å². The highest BCUT2D eigenvalue weighted by Crippen LogP contribution is 2.40. The lowest BCUT2D eigenvalue weighted by Gasteiger charge is -2.19. The first kappa shape index (κ1) is 14.7. The molecule has 1 N–H and O–H groups in total. The number of rotatable bonds is 3. The van der Waals surface area contributed by atoms with Crippen molar-refractivity contribution in [2.75, 3.05) is 11.5 Å². The Morgan fingerprint density at radius 2 is 1.86 bits per heavy atom. The molecule has 0 fully saturated rings. The number of carboxylic acid groups (broad SMARTS) is 1. The van der Waals surface area contributed by atoms with Crippen LogP contribution in [0.5, 0.6) is 0 Å². The molecule has 0 unspecified atom stereocenters. The smallest absolute Gasteiger partial charge is 0.332 e. The van der Waals surface area contributed by atoms with E-state index in [2.05, 4.69) is 4.99 Å². The second kappa shape index (κ2) is 5.18. The molecule has 6 heteroatoms. The summed E-state index contributed by atoms with van der Waals surface area (Å²) in [5, 5.41) is 11.1. The minimum absolute atomic E-state index is 0.409. The average molecular weight is 320 g/mol. The van der Waals surface area contributed by atoms with Crippen LogP contribution in [0.15, 0.2) is 40.3 Å². The van der Waals surface area contributed by atoms with Crippen LogP contribution in [0, 0.1) is 0 Å². The SMILES string of the molecule is C[C@@]1(C(=O)O)CSC([C@]2(C)CSC(c3ccccc3)=N2)=N1. The average Bonchev–Trinajstić information content (AvgIpc) is 3.06. The Morgan fingerprint density at radius 3 is 2.48 bits per heavy atom. The highest BCUT2D eigenvalue weighted by atomic mass is 32.2. The molecule has 0 aliphatic carbocycles. The van der Waals surface area contributed by atoms with Gasteiger partial charge in [-0.3, -0.25) is 9.98 Å². The number of benzene rings is 1. The molecule has 3 rings (SSSR count). The van der Waals surface area contributed by atoms with Gasteiger partial charge in [-0.25, -0.2) is 4.79 Å². The Balaban J connectivity index is 1.90. The fourth-order valence-electron chi connectivity index (χ4n) is 2.22. The molecule has 0 spiro atoms. The van der Waals surface area contributed by atoms with E-state index in [4.69, 9.17) is 4.99 Å². The van der Waals surface area contributed by atoms with Crippen molar-refractivity contribution >= 4 is 39.6 Å². The van der Waals surface area contributed by atoms with Gasteiger partial charge in [0.2, 0.25) is 0 Å². The highest BCUT2D eigenvalue weighted by Gasteiger charge is 2.45. The molecule has 2 heterocycles. The van der Waals surface area contributed by atoms with Gasteiger partial charge in [-0.1, -0.05) is 30.3 Å². The number of carboxylic acids is 1. The monoisotopic (exact) mass is 320 g/mol. The third-order valence-corrected chi connectivity index (χ3v) is 6.44. The summed E-state index contributed by atoms with van der Waals surface area (Å²) in [6.07, 6.45) is 0. The zero-order valence-corrected chi connectivity index (χ0v) is 13.5. The topological polar surface area (TPSA) is 62.0 Å². The first-order valence-electron chi connectivity index (χ1n) is 6.68. The van der Waals surface area contributed by atoms with Crippen molar-refractivity contribution in [2.45, 2.75) is 24.9 Å². The molecular formula is C15H16N2O2S2. The minimum atomic E-state index is -1.02. The van der Waals surface area contributed by atoms with Crippen LogP contribution < -0.4 is 0 Å². The number of carbonyl (C=O) groups is 1. The molecule has 4 nitrogen and oxygen atoms in total. The first-order valence-corrected chi connectivity index (χ1v) is 8.65. The number of nitrogens with zero attached hydrogens (tertiary/aromatic N) is 2. The Labute approximate surface area is 132 Å². The lowest BCUT2D eigenvalue weighted by Crippen LogP contribution is -2.34. The summed E-state index contributed by atoms with van der Waals surface area (Å²) < 4.78 is 0. The number of hydrogen-bond acceptors (Lipinski definition) is 5. The van der Waals surface area contributed by atoms with Crippen molar-refractivity contribution < 1.29 is 9.90 Å². The summed E-state index contributed by atoms with van der Waals surface area (Å²) in [6.45, 7) is 3.71. The molecule has 0 bridgehead atoms. The number of thioether (sulfide) groups is 2. The molecule has 1 aromatic carbocycles. The maximum Gasteiger partial charge on any atom is 0.332 e. The number of hydrogen-bond donors (Lipinski definition) is 1. The molecule has 2 atom stereocenters. The number of aliphatic carboxylic acids is 1. The van der Waals surface area contributed by atoms with E-state index in [1.807, 2.05) is 37.3 Å². The Hall–Kier alpha value is -1.27. The van der Waals surface area contributed by atoms with Crippen molar-refractivity contribution in [1.29, 1.82) is 0 Å². The second-order valence-electron chi connectivity index (χ2n) is 5.63. The third-order valence-electron chi connectivity index (χ3n) is 3.62. The Bertz CT molecular complexity index is 644. The van der Waals surface area contributed by atoms with Crippen LogP contribution in [0.25, 0.3) is 0 Å². The fourth-order valence-corrected chi connectivity index (χ4v) is 4.80. The molecule has 0 amide bonds. The van der Waals surface area contributed by atoms with Crippen molar-refractivity contribution in [3.63, 3.8) is 0 Å². The van der Waals surface area contributed by atoms with Crippen LogP contribution in [-0.4, -0.2) is 43.7 Å². The second-order valence-corrected chi connectivity index (χ2v) is 7.56. The predicted octanol–water partition coefficient (Wildman–Crippen LogP) is 2.93. The van der Waals surface area contributed by atoms with E-state index in [0.29, 0.717) is 5.75 Å². The molecule has 21 heavy (non-hydrogen) atoms. The van der Waals surface area contributed by atoms with E-state index < -0.39 is 17.0 Å². The molecular weight excluding hydrogens is 304 g/mol. The van der Waals surface area contributed by atoms with Crippen molar-refractivity contribution in [2.24, 2.45) is 9.98 Å². The van der Waals surface area contributed by atoms with Gasteiger partial charge in [0.1, 0.15) is 5.54 Å². The lowest BCUT2D eigenvalue weighted by atomic mass is 10.0. The summed E-state index contributed by atoms with van der Waals surface area (Å²) in [5.74, 6) is 0.416. The summed E-state index contributed by atoms with van der Waals surface area (Å²) in [5.41, 5.74) is -0.317. The van der Waals surface area contributed by atoms with E-state index in [1.165, 1.54) is 11.8 Å². The van der Waals surface area contributed by atoms with E-state index in [9.17, 15) is 9.90 Å². The van der Waals surface area contributed by atoms with E-state index in [1.54, 1.807) is 18.7 Å². The molecule has 0 radical (unpaired) electrons. The van der Waals surface area contributed by atoms with E-state index in [0.717, 1.165) is 21.4 Å². The van der Waals surface area contributed by atoms with Gasteiger partial charge in [-0.2, -0.15) is 0 Å². The highest BCUT2D eigenvalue weighted by molar-refractivity contribution is 8.16. The van der Waals surface area contributed by atoms with Gasteiger partial charge in [0.05, 0.1) is 10.1 Å². The summed E-state index contributed by atoms with van der Waals surface area (Å²) in [6, 6.07) is 10.1. The maximum absolute atomic E-state index is 11.3. The quantitative estimate of drug-likeness (QED) is 0.930. The van der Waals surface area contributed by atoms with Crippen LogP contribution >= 0.6 is 23.5 Å². The van der Waals surface area contributed by atoms with Crippen LogP contribution in [0.2, 0.25) is 0 Å². The standard InChI is InChI=1S/C15H16N2O2S2/c1-14(12-17-15(2,9-21-12)13(18)19)8-20-11(16-14)10-6-4-3-5-7-10/h3-7H,8-9H2,1-2H3,(H,18,19)/t14-,15-/m0/s1. The molecule has 0 saturated carbocycles. The van der Waals surface area contributed by atoms with Gasteiger partial charge in [0, 0.05) is 17.1 Å². The Morgan fingerprint density at radius 1 is 1.14 bits per heavy atom. The molecule has 2 aliphatic rings. The van der Waals surface area contributed by atoms with Crippen LogP contribution in [0.3, 0.4) is 0 Å². The molecule has 2 aliphatic heterocycles. The van der Waals surface area contributed by atoms with Gasteiger partial charge in [0.15, 0.2) is 5.54 Å². The van der Waals surface area contributed by atoms with Crippen LogP contribution in [-0.2, 0) is 4.79 Å². The normalized spacial score (nSPS) is 31.9. The largest absolute Gasteiger partial charge is 0.479 e. The summed E-state index contributed by atoms with van der Waals surface area (Å²) in [7, 11) is 0. The minimum Gasteiger partial charge on any atom is -0.479 e. The Kier molecular flexibility index (Phi) is 3.61. The third kappa shape index (κ3) is 2.62. The van der Waals surface area contributed by atoms with Crippen molar-refractivity contribution in [3.05, 3.63) is 35.9 Å². The zero-order valence-electron chi connectivity index (χ0n) is 11.9. The van der Waals surface area contributed by atoms with Gasteiger partial charge >= 0.3 is 5.97 Å². The van der Waals surface area contributed by atoms with Crippen LogP contribution in [0.1, 0.15) is 19.4 Å². The van der Waals surface area contributed by atoms with Crippen molar-refractivity contribution in [1.82, 2.24) is 0 Å². The molecule has 1 aromatic rings. The first-order chi connectivity index (χ1) is 9.93. The van der Waals surface area contributed by atoms with Gasteiger partial charge < -0.3 is 5.11 Å². The van der Waals surface area contributed by atoms with Crippen LogP contribution in [0.4, 0.5) is 0 Å². The molecule has 0 aromatic heterocycles. The summed E-state index contributed by atoms with van der Waals surface area (Å²) in [4.78, 5) is 20.6. The maximum atomic E-state index is 11.3. The van der Waals surface area contributed by atoms with Gasteiger partial charge in [-0.05, 0) is 13.8 Å². The van der Waals surface area contributed by atoms with E-state index >= 15 is 0 Å². The van der Waals surface area contributed by atoms with E-state index in [-0.39, 0.29) is 0 Å². The zero-order chi connectivity index (χ0) is 15.1. The number of aliphatic imine (C=N–C) groups is 2.